The van der Waals surface area contributed by atoms with Crippen molar-refractivity contribution in [3.05, 3.63) is 70.6 Å². The van der Waals surface area contributed by atoms with Crippen molar-refractivity contribution in [2.24, 2.45) is 5.73 Å². The molecule has 1 aliphatic heterocycles. The molecular formula is C20H19F2N3O. The van der Waals surface area contributed by atoms with Crippen molar-refractivity contribution in [1.29, 1.82) is 5.26 Å². The summed E-state index contributed by atoms with van der Waals surface area (Å²) in [5.74, 6) is -2.13. The third-order valence-electron chi connectivity index (χ3n) is 4.62. The second kappa shape index (κ2) is 7.04. The number of nitriles is 1. The fourth-order valence-corrected chi connectivity index (χ4v) is 3.31. The molecule has 1 heterocycles. The molecule has 26 heavy (non-hydrogen) atoms. The van der Waals surface area contributed by atoms with E-state index in [1.807, 2.05) is 26.0 Å². The third kappa shape index (κ3) is 2.86. The van der Waals surface area contributed by atoms with E-state index >= 15 is 0 Å². The molecule has 0 bridgehead atoms. The van der Waals surface area contributed by atoms with Gasteiger partial charge in [-0.3, -0.25) is 0 Å². The molecule has 2 aromatic carbocycles. The quantitative estimate of drug-likeness (QED) is 0.899. The summed E-state index contributed by atoms with van der Waals surface area (Å²) in [7, 11) is 0. The van der Waals surface area contributed by atoms with Crippen molar-refractivity contribution in [2.45, 2.75) is 19.8 Å². The first-order chi connectivity index (χ1) is 12.5. The molecule has 1 aliphatic rings. The van der Waals surface area contributed by atoms with Crippen LogP contribution in [0.5, 0.6) is 5.75 Å². The normalized spacial score (nSPS) is 15.9. The molecule has 134 valence electrons. The molecule has 2 N–H and O–H groups in total. The van der Waals surface area contributed by atoms with Crippen LogP contribution in [0.1, 0.15) is 30.9 Å². The number of benzene rings is 2. The highest BCUT2D eigenvalue weighted by Gasteiger charge is 2.34. The summed E-state index contributed by atoms with van der Waals surface area (Å²) >= 11 is 0. The van der Waals surface area contributed by atoms with Gasteiger partial charge in [0.1, 0.15) is 29.0 Å². The fourth-order valence-electron chi connectivity index (χ4n) is 3.31. The van der Waals surface area contributed by atoms with E-state index in [0.717, 1.165) is 18.8 Å². The predicted octanol–water partition coefficient (Wildman–Crippen LogP) is 4.03. The van der Waals surface area contributed by atoms with E-state index in [0.29, 0.717) is 11.3 Å². The lowest BCUT2D eigenvalue weighted by Gasteiger charge is -2.29. The SMILES string of the molecule is CCN(CC)c1ccc2c(c1)OC(N)=C(C#N)C2c1c(F)cccc1F. The summed E-state index contributed by atoms with van der Waals surface area (Å²) in [5, 5.41) is 9.50. The summed E-state index contributed by atoms with van der Waals surface area (Å²) in [4.78, 5) is 2.11. The Morgan fingerprint density at radius 1 is 1.15 bits per heavy atom. The average molecular weight is 355 g/mol. The molecule has 0 saturated carbocycles. The molecule has 0 spiro atoms. The second-order valence-electron chi connectivity index (χ2n) is 5.95. The van der Waals surface area contributed by atoms with Gasteiger partial charge in [0.15, 0.2) is 0 Å². The summed E-state index contributed by atoms with van der Waals surface area (Å²) in [6, 6.07) is 11.0. The van der Waals surface area contributed by atoms with Gasteiger partial charge in [-0.1, -0.05) is 12.1 Å². The number of nitrogens with zero attached hydrogens (tertiary/aromatic N) is 2. The van der Waals surface area contributed by atoms with E-state index in [1.165, 1.54) is 18.2 Å². The molecule has 0 aliphatic carbocycles. The van der Waals surface area contributed by atoms with E-state index in [4.69, 9.17) is 10.5 Å². The zero-order valence-electron chi connectivity index (χ0n) is 14.6. The summed E-state index contributed by atoms with van der Waals surface area (Å²) in [5.41, 5.74) is 7.12. The number of allylic oxidation sites excluding steroid dienone is 1. The van der Waals surface area contributed by atoms with Gasteiger partial charge in [-0.2, -0.15) is 5.26 Å². The molecule has 3 rings (SSSR count). The van der Waals surface area contributed by atoms with E-state index < -0.39 is 17.6 Å². The molecular weight excluding hydrogens is 336 g/mol. The Morgan fingerprint density at radius 3 is 2.38 bits per heavy atom. The minimum absolute atomic E-state index is 0.00270. The summed E-state index contributed by atoms with van der Waals surface area (Å²) < 4.78 is 34.5. The lowest BCUT2D eigenvalue weighted by Crippen LogP contribution is -2.24. The third-order valence-corrected chi connectivity index (χ3v) is 4.62. The minimum atomic E-state index is -0.948. The first-order valence-corrected chi connectivity index (χ1v) is 8.42. The van der Waals surface area contributed by atoms with Gasteiger partial charge < -0.3 is 15.4 Å². The Morgan fingerprint density at radius 2 is 1.81 bits per heavy atom. The average Bonchev–Trinajstić information content (AvgIpc) is 2.62. The molecule has 0 fully saturated rings. The zero-order chi connectivity index (χ0) is 18.8. The Kier molecular flexibility index (Phi) is 4.81. The van der Waals surface area contributed by atoms with Gasteiger partial charge in [-0.05, 0) is 32.0 Å². The topological polar surface area (TPSA) is 62.3 Å². The van der Waals surface area contributed by atoms with Crippen LogP contribution in [0.3, 0.4) is 0 Å². The maximum atomic E-state index is 14.4. The van der Waals surface area contributed by atoms with Gasteiger partial charge in [0.2, 0.25) is 5.88 Å². The van der Waals surface area contributed by atoms with Gasteiger partial charge in [0.05, 0.1) is 5.92 Å². The van der Waals surface area contributed by atoms with Gasteiger partial charge in [-0.15, -0.1) is 0 Å². The van der Waals surface area contributed by atoms with Gasteiger partial charge >= 0.3 is 0 Å². The van der Waals surface area contributed by atoms with Gasteiger partial charge in [0.25, 0.3) is 0 Å². The van der Waals surface area contributed by atoms with Crippen molar-refractivity contribution in [2.75, 3.05) is 18.0 Å². The maximum absolute atomic E-state index is 14.4. The van der Waals surface area contributed by atoms with E-state index in [-0.39, 0.29) is 17.0 Å². The van der Waals surface area contributed by atoms with Crippen LogP contribution in [0.2, 0.25) is 0 Å². The summed E-state index contributed by atoms with van der Waals surface area (Å²) in [6.45, 7) is 5.66. The van der Waals surface area contributed by atoms with E-state index in [2.05, 4.69) is 4.90 Å². The lowest BCUT2D eigenvalue weighted by atomic mass is 9.83. The predicted molar refractivity (Wildman–Crippen MR) is 95.7 cm³/mol. The van der Waals surface area contributed by atoms with Crippen LogP contribution in [0.15, 0.2) is 47.9 Å². The number of fused-ring (bicyclic) bond motifs is 1. The molecule has 0 radical (unpaired) electrons. The Balaban J connectivity index is 2.21. The van der Waals surface area contributed by atoms with E-state index in [1.54, 1.807) is 12.1 Å². The Bertz CT molecular complexity index is 894. The maximum Gasteiger partial charge on any atom is 0.205 e. The monoisotopic (exact) mass is 355 g/mol. The first-order valence-electron chi connectivity index (χ1n) is 8.42. The van der Waals surface area contributed by atoms with Crippen LogP contribution in [-0.4, -0.2) is 13.1 Å². The van der Waals surface area contributed by atoms with Crippen molar-refractivity contribution in [1.82, 2.24) is 0 Å². The highest BCUT2D eigenvalue weighted by molar-refractivity contribution is 5.61. The van der Waals surface area contributed by atoms with Crippen LogP contribution in [0.25, 0.3) is 0 Å². The molecule has 4 nitrogen and oxygen atoms in total. The highest BCUT2D eigenvalue weighted by Crippen LogP contribution is 2.44. The first kappa shape index (κ1) is 17.7. The number of ether oxygens (including phenoxy) is 1. The summed E-state index contributed by atoms with van der Waals surface area (Å²) in [6.07, 6.45) is 0. The second-order valence-corrected chi connectivity index (χ2v) is 5.95. The molecule has 0 amide bonds. The fraction of sp³-hybridized carbons (Fsp3) is 0.250. The lowest BCUT2D eigenvalue weighted by molar-refractivity contribution is 0.391. The minimum Gasteiger partial charge on any atom is -0.440 e. The van der Waals surface area contributed by atoms with Crippen molar-refractivity contribution in [3.8, 4) is 11.8 Å². The van der Waals surface area contributed by atoms with Crippen molar-refractivity contribution >= 4 is 5.69 Å². The van der Waals surface area contributed by atoms with Crippen LogP contribution in [-0.2, 0) is 0 Å². The number of hydrogen-bond acceptors (Lipinski definition) is 4. The number of rotatable bonds is 4. The standard InChI is InChI=1S/C20H19F2N3O/c1-3-25(4-2)12-8-9-13-17(10-12)26-20(24)14(11-23)18(13)19-15(21)6-5-7-16(19)22/h5-10,18H,3-4,24H2,1-2H3. The Hall–Kier alpha value is -3.07. The zero-order valence-corrected chi connectivity index (χ0v) is 14.6. The molecule has 0 aromatic heterocycles. The molecule has 0 saturated heterocycles. The van der Waals surface area contributed by atoms with Crippen molar-refractivity contribution in [3.63, 3.8) is 0 Å². The van der Waals surface area contributed by atoms with Crippen LogP contribution >= 0.6 is 0 Å². The van der Waals surface area contributed by atoms with Gasteiger partial charge in [-0.25, -0.2) is 8.78 Å². The molecule has 1 atom stereocenters. The largest absolute Gasteiger partial charge is 0.440 e. The Labute approximate surface area is 151 Å². The number of hydrogen-bond donors (Lipinski definition) is 1. The van der Waals surface area contributed by atoms with Crippen LogP contribution < -0.4 is 15.4 Å². The molecule has 6 heteroatoms. The van der Waals surface area contributed by atoms with Gasteiger partial charge in [0, 0.05) is 36.0 Å². The van der Waals surface area contributed by atoms with Crippen molar-refractivity contribution < 1.29 is 13.5 Å². The number of nitrogens with two attached hydrogens (primary N) is 1. The number of halogens is 2. The van der Waals surface area contributed by atoms with E-state index in [9.17, 15) is 14.0 Å². The highest BCUT2D eigenvalue weighted by atomic mass is 19.1. The molecule has 2 aromatic rings. The van der Waals surface area contributed by atoms with Crippen LogP contribution in [0.4, 0.5) is 14.5 Å². The molecule has 1 unspecified atom stereocenters. The van der Waals surface area contributed by atoms with Crippen LogP contribution in [0, 0.1) is 23.0 Å². The smallest absolute Gasteiger partial charge is 0.205 e. The number of anilines is 1.